The summed E-state index contributed by atoms with van der Waals surface area (Å²) in [6, 6.07) is 57.8. The first kappa shape index (κ1) is 38.4. The number of benzene rings is 6. The maximum atomic E-state index is 6.04. The van der Waals surface area contributed by atoms with E-state index in [2.05, 4.69) is 172 Å². The van der Waals surface area contributed by atoms with Gasteiger partial charge in [-0.2, -0.15) is 0 Å². The molecule has 0 bridgehead atoms. The molecule has 0 saturated heterocycles. The van der Waals surface area contributed by atoms with Crippen molar-refractivity contribution in [2.75, 3.05) is 0 Å². The fraction of sp³-hybridized carbons (Fsp3) is 0.137. The summed E-state index contributed by atoms with van der Waals surface area (Å²) in [7, 11) is 0. The molecule has 279 valence electrons. The number of hydrogen-bond donors (Lipinski definition) is 0. The van der Waals surface area contributed by atoms with Crippen LogP contribution in [0.2, 0.25) is 0 Å². The van der Waals surface area contributed by atoms with Crippen molar-refractivity contribution in [3.8, 4) is 50.6 Å². The van der Waals surface area contributed by atoms with Gasteiger partial charge in [-0.15, -0.1) is 35.9 Å². The molecule has 9 aromatic rings. The topological polar surface area (TPSA) is 43.9 Å². The van der Waals surface area contributed by atoms with Gasteiger partial charge in [-0.05, 0) is 64.0 Å². The second-order valence-electron chi connectivity index (χ2n) is 15.1. The number of hydrogen-bond acceptors (Lipinski definition) is 3. The average Bonchev–Trinajstić information content (AvgIpc) is 3.83. The van der Waals surface area contributed by atoms with Crippen LogP contribution in [0.1, 0.15) is 51.7 Å². The van der Waals surface area contributed by atoms with Crippen LogP contribution >= 0.6 is 0 Å². The Balaban J connectivity index is 0.000000315. The molecular weight excluding hydrogens is 863 g/mol. The fourth-order valence-electron chi connectivity index (χ4n) is 7.00. The van der Waals surface area contributed by atoms with Crippen LogP contribution in [0.3, 0.4) is 0 Å². The molecule has 0 unspecified atom stereocenters. The van der Waals surface area contributed by atoms with Gasteiger partial charge in [0.2, 0.25) is 0 Å². The minimum atomic E-state index is -0.0484. The number of pyridine rings is 1. The van der Waals surface area contributed by atoms with Crippen LogP contribution in [0.15, 0.2) is 168 Å². The molecule has 0 aliphatic carbocycles. The Bertz CT molecular complexity index is 2590. The van der Waals surface area contributed by atoms with Crippen LogP contribution in [-0.2, 0) is 25.5 Å². The van der Waals surface area contributed by atoms with Crippen molar-refractivity contribution >= 4 is 22.0 Å². The Labute approximate surface area is 343 Å². The van der Waals surface area contributed by atoms with Crippen LogP contribution in [0.5, 0.6) is 0 Å². The maximum absolute atomic E-state index is 6.04. The van der Waals surface area contributed by atoms with Gasteiger partial charge >= 0.3 is 0 Å². The maximum Gasteiger partial charge on any atom is 0.0774 e. The van der Waals surface area contributed by atoms with Gasteiger partial charge in [0.05, 0.1) is 22.5 Å². The van der Waals surface area contributed by atoms with Crippen molar-refractivity contribution in [1.29, 1.82) is 0 Å². The second-order valence-corrected chi connectivity index (χ2v) is 15.1. The van der Waals surface area contributed by atoms with E-state index < -0.39 is 0 Å². The van der Waals surface area contributed by atoms with E-state index in [1.165, 1.54) is 11.1 Å². The van der Waals surface area contributed by atoms with E-state index in [1.54, 1.807) is 6.20 Å². The first-order chi connectivity index (χ1) is 26.8. The summed E-state index contributed by atoms with van der Waals surface area (Å²) in [6.07, 6.45) is 5.05. The fourth-order valence-corrected chi connectivity index (χ4v) is 7.00. The van der Waals surface area contributed by atoms with E-state index in [0.29, 0.717) is 5.92 Å². The Morgan fingerprint density at radius 1 is 0.679 bits per heavy atom. The number of rotatable bonds is 6. The minimum absolute atomic E-state index is 0. The molecule has 0 atom stereocenters. The molecule has 3 aromatic heterocycles. The Hall–Kier alpha value is -5.87. The minimum Gasteiger partial charge on any atom is -0.557 e. The van der Waals surface area contributed by atoms with Gasteiger partial charge in [0.15, 0.2) is 0 Å². The quantitative estimate of drug-likeness (QED) is 0.156. The van der Waals surface area contributed by atoms with E-state index in [-0.39, 0.29) is 25.5 Å². The zero-order chi connectivity index (χ0) is 37.9. The predicted molar refractivity (Wildman–Crippen MR) is 227 cm³/mol. The summed E-state index contributed by atoms with van der Waals surface area (Å²) >= 11 is 0. The SMILES string of the molecule is CC(C)c1ccc2o[c-]c(-c3nc4ccccc4n3-c3c(-c4ccccc4)cc(C(C)(C)C)cc3-c3ccccc3)c2c1.[Ir].[c-]1ccccc1-c1ccccn1. The third-order valence-corrected chi connectivity index (χ3v) is 10.0. The van der Waals surface area contributed by atoms with Crippen LogP contribution in [0, 0.1) is 12.3 Å². The number of imidazole rings is 1. The summed E-state index contributed by atoms with van der Waals surface area (Å²) in [4.78, 5) is 9.49. The molecule has 6 aromatic carbocycles. The third kappa shape index (κ3) is 7.79. The van der Waals surface area contributed by atoms with Crippen molar-refractivity contribution in [2.45, 2.75) is 46.0 Å². The molecule has 0 aliphatic heterocycles. The largest absolute Gasteiger partial charge is 0.557 e. The van der Waals surface area contributed by atoms with Gasteiger partial charge in [-0.25, -0.2) is 0 Å². The summed E-state index contributed by atoms with van der Waals surface area (Å²) in [5.41, 5.74) is 13.9. The van der Waals surface area contributed by atoms with Crippen LogP contribution in [0.4, 0.5) is 0 Å². The predicted octanol–water partition coefficient (Wildman–Crippen LogP) is 13.5. The average molecular weight is 906 g/mol. The summed E-state index contributed by atoms with van der Waals surface area (Å²) in [5, 5.41) is 1.02. The molecule has 1 radical (unpaired) electrons. The zero-order valence-electron chi connectivity index (χ0n) is 32.2. The van der Waals surface area contributed by atoms with Crippen molar-refractivity contribution < 1.29 is 24.5 Å². The van der Waals surface area contributed by atoms with Crippen molar-refractivity contribution in [3.05, 3.63) is 187 Å². The van der Waals surface area contributed by atoms with Gasteiger partial charge in [0.25, 0.3) is 0 Å². The van der Waals surface area contributed by atoms with E-state index in [9.17, 15) is 0 Å². The molecule has 5 heteroatoms. The zero-order valence-corrected chi connectivity index (χ0v) is 34.6. The molecule has 56 heavy (non-hydrogen) atoms. The summed E-state index contributed by atoms with van der Waals surface area (Å²) in [5.74, 6) is 1.21. The molecule has 0 saturated carbocycles. The van der Waals surface area contributed by atoms with Crippen molar-refractivity contribution in [1.82, 2.24) is 14.5 Å². The molecule has 3 heterocycles. The van der Waals surface area contributed by atoms with Gasteiger partial charge in [0, 0.05) is 49.3 Å². The summed E-state index contributed by atoms with van der Waals surface area (Å²) < 4.78 is 8.37. The van der Waals surface area contributed by atoms with Gasteiger partial charge < -0.3 is 14.0 Å². The van der Waals surface area contributed by atoms with E-state index >= 15 is 0 Å². The Morgan fingerprint density at radius 3 is 1.93 bits per heavy atom. The third-order valence-electron chi connectivity index (χ3n) is 10.0. The molecule has 0 fully saturated rings. The monoisotopic (exact) mass is 906 g/mol. The molecule has 0 N–H and O–H groups in total. The Morgan fingerprint density at radius 2 is 1.32 bits per heavy atom. The number of furan rings is 1. The first-order valence-corrected chi connectivity index (χ1v) is 18.9. The number of nitrogens with zero attached hydrogens (tertiary/aromatic N) is 3. The van der Waals surface area contributed by atoms with Crippen molar-refractivity contribution in [2.24, 2.45) is 0 Å². The first-order valence-electron chi connectivity index (χ1n) is 18.9. The normalized spacial score (nSPS) is 11.3. The van der Waals surface area contributed by atoms with Gasteiger partial charge in [-0.1, -0.05) is 154 Å². The summed E-state index contributed by atoms with van der Waals surface area (Å²) in [6.45, 7) is 11.3. The molecular formula is C51H43IrN3O-2. The Kier molecular flexibility index (Phi) is 11.3. The molecule has 0 amide bonds. The van der Waals surface area contributed by atoms with Crippen LogP contribution in [0.25, 0.3) is 72.6 Å². The van der Waals surface area contributed by atoms with Gasteiger partial charge in [-0.3, -0.25) is 4.98 Å². The molecule has 0 aliphatic rings. The number of para-hydroxylation sites is 2. The standard InChI is InChI=1S/C40H35N2O.C11H8N.Ir/c1-26(2)29-20-21-37-33(22-29)34(25-43-37)39-41-35-18-12-13-19-36(35)42(39)38-31(27-14-8-6-9-15-27)23-30(40(3,4)5)24-32(38)28-16-10-7-11-17-28;1-2-6-10(7-3-1)11-8-4-5-9-12-11;/h6-24,26H,1-5H3;1-6,8-9H;/q2*-1;. The van der Waals surface area contributed by atoms with E-state index in [4.69, 9.17) is 9.40 Å². The molecule has 4 nitrogen and oxygen atoms in total. The second kappa shape index (κ2) is 16.5. The van der Waals surface area contributed by atoms with Gasteiger partial charge in [0.1, 0.15) is 0 Å². The van der Waals surface area contributed by atoms with E-state index in [0.717, 1.165) is 72.6 Å². The van der Waals surface area contributed by atoms with Crippen LogP contribution < -0.4 is 0 Å². The smallest absolute Gasteiger partial charge is 0.0774 e. The van der Waals surface area contributed by atoms with Crippen LogP contribution in [-0.4, -0.2) is 14.5 Å². The molecule has 0 spiro atoms. The van der Waals surface area contributed by atoms with Crippen molar-refractivity contribution in [3.63, 3.8) is 0 Å². The molecule has 9 rings (SSSR count). The number of fused-ring (bicyclic) bond motifs is 2. The van der Waals surface area contributed by atoms with E-state index in [1.807, 2.05) is 42.5 Å². The number of aromatic nitrogens is 3.